The Kier molecular flexibility index (Phi) is 18.1. The van der Waals surface area contributed by atoms with E-state index < -0.39 is 0 Å². The van der Waals surface area contributed by atoms with Crippen LogP contribution in [-0.2, 0) is 6.42 Å². The molecule has 0 saturated carbocycles. The number of H-pyrrole nitrogens is 1. The summed E-state index contributed by atoms with van der Waals surface area (Å²) in [7, 11) is 0. The number of fused-ring (bicyclic) bond motifs is 1. The molecule has 2 nitrogen and oxygen atoms in total. The van der Waals surface area contributed by atoms with Crippen molar-refractivity contribution in [1.82, 2.24) is 10.2 Å². The second kappa shape index (κ2) is 15.2. The maximum atomic E-state index is 8.00. The smallest absolute Gasteiger partial charge is 0.0650 e. The number of nitrogens with one attached hydrogen (secondary N) is 1. The zero-order chi connectivity index (χ0) is 13.7. The number of aryl methyl sites for hydroxylation is 1. The maximum Gasteiger partial charge on any atom is 0.0650 e. The Labute approximate surface area is 97.6 Å². The Balaban J connectivity index is -0.000000285. The summed E-state index contributed by atoms with van der Waals surface area (Å²) in [5.41, 5.74) is 2.47. The Morgan fingerprint density at radius 1 is 1.06 bits per heavy atom. The lowest BCUT2D eigenvalue weighted by Gasteiger charge is -1.93. The van der Waals surface area contributed by atoms with Crippen LogP contribution in [0.2, 0.25) is 0 Å². The van der Waals surface area contributed by atoms with Crippen molar-refractivity contribution in [3.8, 4) is 0 Å². The predicted octanol–water partition coefficient (Wildman–Crippen LogP) is 4.80. The molecule has 0 aliphatic rings. The van der Waals surface area contributed by atoms with Gasteiger partial charge in [0.1, 0.15) is 0 Å². The van der Waals surface area contributed by atoms with E-state index in [-0.39, 0.29) is 4.70 Å². The topological polar surface area (TPSA) is 28.7 Å². The first kappa shape index (κ1) is 21.5. The van der Waals surface area contributed by atoms with Gasteiger partial charge >= 0.3 is 0 Å². The van der Waals surface area contributed by atoms with Crippen LogP contribution in [0.25, 0.3) is 10.9 Å². The van der Waals surface area contributed by atoms with Crippen LogP contribution >= 0.6 is 0 Å². The fourth-order valence-corrected chi connectivity index (χ4v) is 1.21. The molecule has 1 aromatic heterocycles. The molecule has 106 valence electrons. The Morgan fingerprint density at radius 3 is 2.11 bits per heavy atom. The zero-order valence-corrected chi connectivity index (χ0v) is 9.14. The number of hydrogen-bond donors (Lipinski definition) is 1. The molecule has 0 aliphatic heterocycles. The summed E-state index contributed by atoms with van der Waals surface area (Å²) in [4.78, 5) is 0. The Hall–Kier alpha value is -1.80. The molecule has 1 N–H and O–H groups in total. The second-order valence-corrected chi connectivity index (χ2v) is 2.65. The normalized spacial score (nSPS) is 7.50. The highest BCUT2D eigenvalue weighted by Gasteiger charge is 1.94. The molecular formula is C9H11F7N2. The molecule has 1 aromatic carbocycles. The van der Waals surface area contributed by atoms with Crippen LogP contribution in [0, 0.1) is 0 Å². The summed E-state index contributed by atoms with van der Waals surface area (Å²) in [6.07, 6.45) is 2.94. The van der Waals surface area contributed by atoms with Crippen molar-refractivity contribution >= 4 is 10.9 Å². The summed E-state index contributed by atoms with van der Waals surface area (Å²) in [5, 5.41) is 8.07. The van der Waals surface area contributed by atoms with Gasteiger partial charge in [-0.2, -0.15) is 5.10 Å². The van der Waals surface area contributed by atoms with Gasteiger partial charge in [-0.25, -0.2) is 0 Å². The number of aromatic nitrogens is 2. The van der Waals surface area contributed by atoms with Gasteiger partial charge in [0.2, 0.25) is 0 Å². The fraction of sp³-hybridized carbons (Fsp3) is 0.222. The van der Waals surface area contributed by atoms with E-state index in [0.29, 0.717) is 0 Å². The van der Waals surface area contributed by atoms with Crippen LogP contribution in [0.5, 0.6) is 0 Å². The molecule has 9 heteroatoms. The van der Waals surface area contributed by atoms with E-state index in [0.717, 1.165) is 11.9 Å². The lowest BCUT2D eigenvalue weighted by Crippen LogP contribution is -1.77. The molecule has 1 heterocycles. The minimum Gasteiger partial charge on any atom is -0.278 e. The first-order chi connectivity index (χ1) is 8.40. The highest BCUT2D eigenvalue weighted by molar-refractivity contribution is 5.78. The number of nitrogens with zero attached hydrogens (tertiary/aromatic N) is 1. The highest BCUT2D eigenvalue weighted by atomic mass is 20.0. The van der Waals surface area contributed by atoms with Gasteiger partial charge in [-0.1, -0.05) is 13.0 Å². The minimum absolute atomic E-state index is 0. The van der Waals surface area contributed by atoms with Crippen LogP contribution in [0.15, 0.2) is 24.4 Å². The van der Waals surface area contributed by atoms with Gasteiger partial charge in [0.05, 0.1) is 11.7 Å². The van der Waals surface area contributed by atoms with Crippen molar-refractivity contribution in [1.29, 1.82) is 0 Å². The van der Waals surface area contributed by atoms with Crippen molar-refractivity contribution in [2.24, 2.45) is 0 Å². The number of rotatable bonds is 1. The Morgan fingerprint density at radius 2 is 1.61 bits per heavy atom. The third-order valence-electron chi connectivity index (χ3n) is 1.91. The Bertz CT molecular complexity index is 380. The maximum absolute atomic E-state index is 8.00. The molecule has 2 aromatic rings. The van der Waals surface area contributed by atoms with Crippen LogP contribution in [0.3, 0.4) is 0 Å². The van der Waals surface area contributed by atoms with Crippen molar-refractivity contribution in [2.45, 2.75) is 13.3 Å². The van der Waals surface area contributed by atoms with Gasteiger partial charge in [0.15, 0.2) is 0 Å². The van der Waals surface area contributed by atoms with Gasteiger partial charge in [-0.15, -0.1) is 0 Å². The molecule has 0 fully saturated rings. The zero-order valence-electron chi connectivity index (χ0n) is 9.14. The lowest BCUT2D eigenvalue weighted by atomic mass is 10.1. The molecule has 18 heavy (non-hydrogen) atoms. The minimum atomic E-state index is 0. The van der Waals surface area contributed by atoms with Crippen molar-refractivity contribution in [3.63, 3.8) is 0 Å². The molecule has 0 aliphatic carbocycles. The van der Waals surface area contributed by atoms with Crippen LogP contribution < -0.4 is 0 Å². The van der Waals surface area contributed by atoms with Crippen LogP contribution in [0.4, 0.5) is 32.1 Å². The second-order valence-electron chi connectivity index (χ2n) is 2.65. The van der Waals surface area contributed by atoms with Crippen molar-refractivity contribution < 1.29 is 32.1 Å². The standard InChI is InChI=1S/C9H10N2.3F2.FH/c1-2-7-3-4-9-8(5-7)6-10-11-9;3*1-2;/h3-6H,2H2,1H3,(H,10,11);;;;1H. The largest absolute Gasteiger partial charge is 0.278 e. The summed E-state index contributed by atoms with van der Waals surface area (Å²) in [5.74, 6) is 0. The van der Waals surface area contributed by atoms with E-state index in [2.05, 4.69) is 35.3 Å². The number of aromatic amines is 1. The first-order valence-electron chi connectivity index (χ1n) is 4.25. The van der Waals surface area contributed by atoms with Gasteiger partial charge in [0.25, 0.3) is 0 Å². The SMILES string of the molecule is CCc1ccc2[nH]ncc2c1.F.FF.FF.FF. The molecule has 0 amide bonds. The molecule has 0 unspecified atom stereocenters. The van der Waals surface area contributed by atoms with Crippen molar-refractivity contribution in [3.05, 3.63) is 30.0 Å². The highest BCUT2D eigenvalue weighted by Crippen LogP contribution is 2.12. The number of halogens is 7. The molecule has 2 rings (SSSR count). The quantitative estimate of drug-likeness (QED) is 0.747. The van der Waals surface area contributed by atoms with E-state index in [4.69, 9.17) is 27.4 Å². The monoisotopic (exact) mass is 280 g/mol. The van der Waals surface area contributed by atoms with E-state index in [1.165, 1.54) is 10.9 Å². The molecular weight excluding hydrogens is 269 g/mol. The third kappa shape index (κ3) is 6.71. The number of hydrogen-bond acceptors (Lipinski definition) is 1. The first-order valence-corrected chi connectivity index (χ1v) is 4.25. The van der Waals surface area contributed by atoms with Gasteiger partial charge in [-0.05, 0) is 24.1 Å². The predicted molar refractivity (Wildman–Crippen MR) is 54.6 cm³/mol. The lowest BCUT2D eigenvalue weighted by molar-refractivity contribution is 0.108. The van der Waals surface area contributed by atoms with Gasteiger partial charge in [-0.3, -0.25) is 9.80 Å². The molecule has 0 bridgehead atoms. The van der Waals surface area contributed by atoms with Crippen LogP contribution in [0.1, 0.15) is 12.5 Å². The molecule has 0 radical (unpaired) electrons. The average Bonchev–Trinajstić information content (AvgIpc) is 2.92. The average molecular weight is 280 g/mol. The fourth-order valence-electron chi connectivity index (χ4n) is 1.21. The van der Waals surface area contributed by atoms with Gasteiger partial charge < -0.3 is 0 Å². The third-order valence-corrected chi connectivity index (χ3v) is 1.91. The summed E-state index contributed by atoms with van der Waals surface area (Å²) < 4.78 is 48.0. The van der Waals surface area contributed by atoms with E-state index in [9.17, 15) is 0 Å². The summed E-state index contributed by atoms with van der Waals surface area (Å²) in [6.45, 7) is 2.15. The van der Waals surface area contributed by atoms with E-state index in [1.54, 1.807) is 0 Å². The molecule has 0 atom stereocenters. The number of benzene rings is 1. The summed E-state index contributed by atoms with van der Waals surface area (Å²) in [6, 6.07) is 6.36. The van der Waals surface area contributed by atoms with E-state index in [1.807, 2.05) is 6.20 Å². The van der Waals surface area contributed by atoms with Crippen molar-refractivity contribution in [2.75, 3.05) is 0 Å². The summed E-state index contributed by atoms with van der Waals surface area (Å²) >= 11 is 0. The van der Waals surface area contributed by atoms with E-state index >= 15 is 0 Å². The van der Waals surface area contributed by atoms with Crippen LogP contribution in [-0.4, -0.2) is 10.2 Å². The molecule has 0 saturated heterocycles. The molecule has 0 spiro atoms. The van der Waals surface area contributed by atoms with Gasteiger partial charge in [0, 0.05) is 32.8 Å².